The summed E-state index contributed by atoms with van der Waals surface area (Å²) in [5.74, 6) is 1.06. The minimum Gasteiger partial charge on any atom is -0.506 e. The van der Waals surface area contributed by atoms with Gasteiger partial charge in [0, 0.05) is 5.69 Å². The number of hydrogen-bond donors (Lipinski definition) is 2. The van der Waals surface area contributed by atoms with Gasteiger partial charge in [-0.2, -0.15) is 0 Å². The molecule has 0 aliphatic carbocycles. The number of pyridine rings is 1. The first-order valence-electron chi connectivity index (χ1n) is 6.69. The molecule has 2 N–H and O–H groups in total. The largest absolute Gasteiger partial charge is 0.506 e. The molecule has 0 saturated heterocycles. The molecule has 0 aliphatic rings. The van der Waals surface area contributed by atoms with Crippen molar-refractivity contribution in [3.63, 3.8) is 0 Å². The second-order valence-corrected chi connectivity index (χ2v) is 5.00. The topological polar surface area (TPSA) is 54.4 Å². The summed E-state index contributed by atoms with van der Waals surface area (Å²) in [6, 6.07) is 9.42. The van der Waals surface area contributed by atoms with Crippen LogP contribution in [-0.4, -0.2) is 16.2 Å². The number of nitrogens with one attached hydrogen (secondary N) is 1. The Morgan fingerprint density at radius 1 is 1.25 bits per heavy atom. The minimum absolute atomic E-state index is 0.175. The molecule has 1 aromatic heterocycles. The lowest BCUT2D eigenvalue weighted by molar-refractivity contribution is 0.242. The zero-order valence-electron chi connectivity index (χ0n) is 12.1. The van der Waals surface area contributed by atoms with E-state index >= 15 is 0 Å². The summed E-state index contributed by atoms with van der Waals surface area (Å²) in [6.45, 7) is 6.68. The number of anilines is 1. The van der Waals surface area contributed by atoms with Gasteiger partial charge in [-0.1, -0.05) is 0 Å². The third-order valence-corrected chi connectivity index (χ3v) is 2.84. The van der Waals surface area contributed by atoms with Gasteiger partial charge in [-0.15, -0.1) is 0 Å². The molecule has 0 fully saturated rings. The number of nitrogens with zero attached hydrogens (tertiary/aromatic N) is 1. The molecule has 2 rings (SSSR count). The molecule has 0 atom stereocenters. The predicted molar refractivity (Wildman–Crippen MR) is 80.2 cm³/mol. The van der Waals surface area contributed by atoms with Gasteiger partial charge in [0.1, 0.15) is 11.5 Å². The average molecular weight is 272 g/mol. The summed E-state index contributed by atoms with van der Waals surface area (Å²) < 4.78 is 5.66. The molecular formula is C16H20N2O2. The molecule has 1 aromatic carbocycles. The van der Waals surface area contributed by atoms with Crippen LogP contribution in [0.1, 0.15) is 25.1 Å². The first kappa shape index (κ1) is 14.2. The van der Waals surface area contributed by atoms with E-state index in [9.17, 15) is 5.11 Å². The van der Waals surface area contributed by atoms with Crippen LogP contribution in [0.5, 0.6) is 11.5 Å². The first-order chi connectivity index (χ1) is 9.54. The van der Waals surface area contributed by atoms with Crippen molar-refractivity contribution in [2.45, 2.75) is 33.4 Å². The van der Waals surface area contributed by atoms with Gasteiger partial charge < -0.3 is 15.2 Å². The summed E-state index contributed by atoms with van der Waals surface area (Å²) >= 11 is 0. The van der Waals surface area contributed by atoms with Crippen molar-refractivity contribution in [2.75, 3.05) is 5.32 Å². The number of aryl methyl sites for hydroxylation is 1. The van der Waals surface area contributed by atoms with Crippen LogP contribution in [-0.2, 0) is 6.54 Å². The number of hydrogen-bond acceptors (Lipinski definition) is 4. The van der Waals surface area contributed by atoms with Crippen molar-refractivity contribution in [3.05, 3.63) is 47.8 Å². The van der Waals surface area contributed by atoms with Crippen LogP contribution in [0.15, 0.2) is 36.5 Å². The Balaban J connectivity index is 2.01. The van der Waals surface area contributed by atoms with Crippen molar-refractivity contribution < 1.29 is 9.84 Å². The van der Waals surface area contributed by atoms with Crippen LogP contribution in [0.25, 0.3) is 0 Å². The van der Waals surface area contributed by atoms with E-state index in [1.54, 1.807) is 12.1 Å². The number of aromatic hydroxyl groups is 1. The Bertz CT molecular complexity index is 565. The van der Waals surface area contributed by atoms with E-state index in [0.29, 0.717) is 6.54 Å². The second kappa shape index (κ2) is 6.28. The second-order valence-electron chi connectivity index (χ2n) is 5.00. The normalized spacial score (nSPS) is 10.6. The zero-order chi connectivity index (χ0) is 14.5. The van der Waals surface area contributed by atoms with E-state index in [1.165, 1.54) is 6.20 Å². The van der Waals surface area contributed by atoms with Gasteiger partial charge in [0.05, 0.1) is 24.5 Å². The van der Waals surface area contributed by atoms with E-state index in [0.717, 1.165) is 22.7 Å². The van der Waals surface area contributed by atoms with E-state index < -0.39 is 0 Å². The summed E-state index contributed by atoms with van der Waals surface area (Å²) in [6.07, 6.45) is 1.62. The molecule has 0 aliphatic heterocycles. The Kier molecular flexibility index (Phi) is 4.45. The van der Waals surface area contributed by atoms with Crippen molar-refractivity contribution >= 4 is 5.69 Å². The minimum atomic E-state index is 0.175. The quantitative estimate of drug-likeness (QED) is 0.874. The highest BCUT2D eigenvalue weighted by atomic mass is 16.5. The third-order valence-electron chi connectivity index (χ3n) is 2.84. The number of aromatic nitrogens is 1. The summed E-state index contributed by atoms with van der Waals surface area (Å²) in [5, 5.41) is 12.5. The third kappa shape index (κ3) is 3.88. The summed E-state index contributed by atoms with van der Waals surface area (Å²) in [7, 11) is 0. The molecule has 0 saturated carbocycles. The van der Waals surface area contributed by atoms with Crippen LogP contribution in [0.4, 0.5) is 5.69 Å². The number of ether oxygens (including phenoxy) is 1. The average Bonchev–Trinajstić information content (AvgIpc) is 2.39. The van der Waals surface area contributed by atoms with E-state index in [2.05, 4.69) is 10.3 Å². The molecule has 0 bridgehead atoms. The fourth-order valence-corrected chi connectivity index (χ4v) is 1.89. The monoisotopic (exact) mass is 272 g/mol. The van der Waals surface area contributed by atoms with E-state index in [-0.39, 0.29) is 11.9 Å². The number of rotatable bonds is 5. The van der Waals surface area contributed by atoms with Crippen molar-refractivity contribution in [3.8, 4) is 11.5 Å². The lowest BCUT2D eigenvalue weighted by atomic mass is 10.2. The van der Waals surface area contributed by atoms with E-state index in [4.69, 9.17) is 4.74 Å². The smallest absolute Gasteiger partial charge is 0.133 e. The SMILES string of the molecule is Cc1cc(OC(C)C)ccc1NCc1ccc(O)cn1. The fourth-order valence-electron chi connectivity index (χ4n) is 1.89. The highest BCUT2D eigenvalue weighted by molar-refractivity contribution is 5.53. The molecular weight excluding hydrogens is 252 g/mol. The van der Waals surface area contributed by atoms with Gasteiger partial charge in [-0.3, -0.25) is 4.98 Å². The molecule has 20 heavy (non-hydrogen) atoms. The molecule has 0 spiro atoms. The highest BCUT2D eigenvalue weighted by Gasteiger charge is 2.03. The molecule has 2 aromatic rings. The Labute approximate surface area is 119 Å². The van der Waals surface area contributed by atoms with Crippen LogP contribution in [0, 0.1) is 6.92 Å². The van der Waals surface area contributed by atoms with Gasteiger partial charge >= 0.3 is 0 Å². The Morgan fingerprint density at radius 2 is 2.05 bits per heavy atom. The van der Waals surface area contributed by atoms with Gasteiger partial charge in [0.25, 0.3) is 0 Å². The first-order valence-corrected chi connectivity index (χ1v) is 6.69. The molecule has 106 valence electrons. The molecule has 4 nitrogen and oxygen atoms in total. The maximum Gasteiger partial charge on any atom is 0.133 e. The van der Waals surface area contributed by atoms with Crippen LogP contribution in [0.2, 0.25) is 0 Å². The molecule has 0 unspecified atom stereocenters. The van der Waals surface area contributed by atoms with Crippen LogP contribution >= 0.6 is 0 Å². The number of benzene rings is 1. The van der Waals surface area contributed by atoms with E-state index in [1.807, 2.05) is 39.0 Å². The molecule has 0 amide bonds. The highest BCUT2D eigenvalue weighted by Crippen LogP contribution is 2.22. The molecule has 0 radical (unpaired) electrons. The Hall–Kier alpha value is -2.23. The Morgan fingerprint density at radius 3 is 2.65 bits per heavy atom. The van der Waals surface area contributed by atoms with Crippen LogP contribution < -0.4 is 10.1 Å². The molecule has 1 heterocycles. The van der Waals surface area contributed by atoms with Gasteiger partial charge in [-0.05, 0) is 56.7 Å². The predicted octanol–water partition coefficient (Wildman–Crippen LogP) is 3.49. The summed E-state index contributed by atoms with van der Waals surface area (Å²) in [5.41, 5.74) is 3.06. The lowest BCUT2D eigenvalue weighted by Crippen LogP contribution is -2.06. The van der Waals surface area contributed by atoms with Crippen molar-refractivity contribution in [2.24, 2.45) is 0 Å². The van der Waals surface area contributed by atoms with Crippen molar-refractivity contribution in [1.82, 2.24) is 4.98 Å². The van der Waals surface area contributed by atoms with Crippen molar-refractivity contribution in [1.29, 1.82) is 0 Å². The van der Waals surface area contributed by atoms with Gasteiger partial charge in [0.15, 0.2) is 0 Å². The maximum absolute atomic E-state index is 9.19. The molecule has 4 heteroatoms. The maximum atomic E-state index is 9.19. The zero-order valence-corrected chi connectivity index (χ0v) is 12.1. The fraction of sp³-hybridized carbons (Fsp3) is 0.312. The van der Waals surface area contributed by atoms with Gasteiger partial charge in [0.2, 0.25) is 0 Å². The van der Waals surface area contributed by atoms with Crippen LogP contribution in [0.3, 0.4) is 0 Å². The summed E-state index contributed by atoms with van der Waals surface area (Å²) in [4.78, 5) is 4.14. The van der Waals surface area contributed by atoms with Gasteiger partial charge in [-0.25, -0.2) is 0 Å². The standard InChI is InChI=1S/C16H20N2O2/c1-11(2)20-15-6-7-16(12(3)8-15)18-9-13-4-5-14(19)10-17-13/h4-8,10-11,18-19H,9H2,1-3H3. The lowest BCUT2D eigenvalue weighted by Gasteiger charge is -2.13.